The SMILES string of the molecule is OC[C@@H](O)[C@H](S)C=S. The van der Waals surface area contributed by atoms with Crippen molar-refractivity contribution in [1.29, 1.82) is 0 Å². The van der Waals surface area contributed by atoms with Gasteiger partial charge in [-0.3, -0.25) is 0 Å². The van der Waals surface area contributed by atoms with Gasteiger partial charge in [-0.05, 0) is 5.37 Å². The predicted molar refractivity (Wildman–Crippen MR) is 39.5 cm³/mol. The molecular weight excluding hydrogens is 144 g/mol. The summed E-state index contributed by atoms with van der Waals surface area (Å²) in [5, 5.41) is 17.9. The third kappa shape index (κ3) is 2.61. The Kier molecular flexibility index (Phi) is 4.45. The highest BCUT2D eigenvalue weighted by Crippen LogP contribution is 1.97. The summed E-state index contributed by atoms with van der Waals surface area (Å²) in [6.07, 6.45) is -0.823. The Hall–Kier alpha value is 0.360. The maximum absolute atomic E-state index is 8.70. The molecule has 0 aromatic carbocycles. The zero-order valence-electron chi connectivity index (χ0n) is 4.19. The summed E-state index contributed by atoms with van der Waals surface area (Å²) in [6.45, 7) is -0.290. The lowest BCUT2D eigenvalue weighted by atomic mass is 10.3. The number of hydrogen-bond acceptors (Lipinski definition) is 4. The van der Waals surface area contributed by atoms with Crippen LogP contribution in [0.1, 0.15) is 0 Å². The molecule has 0 aliphatic rings. The average Bonchev–Trinajstić information content (AvgIpc) is 1.84. The van der Waals surface area contributed by atoms with Crippen LogP contribution in [0.25, 0.3) is 0 Å². The van der Waals surface area contributed by atoms with Crippen LogP contribution < -0.4 is 0 Å². The second-order valence-electron chi connectivity index (χ2n) is 1.38. The molecule has 0 radical (unpaired) electrons. The largest absolute Gasteiger partial charge is 0.394 e. The van der Waals surface area contributed by atoms with Gasteiger partial charge in [-0.25, -0.2) is 0 Å². The van der Waals surface area contributed by atoms with E-state index >= 15 is 0 Å². The molecule has 0 aliphatic carbocycles. The number of rotatable bonds is 3. The van der Waals surface area contributed by atoms with E-state index in [0.717, 1.165) is 0 Å². The Morgan fingerprint density at radius 2 is 2.25 bits per heavy atom. The van der Waals surface area contributed by atoms with E-state index in [-0.39, 0.29) is 6.61 Å². The lowest BCUT2D eigenvalue weighted by molar-refractivity contribution is 0.106. The molecule has 2 N–H and O–H groups in total. The molecule has 0 aromatic heterocycles. The fourth-order valence-electron chi connectivity index (χ4n) is 0.199. The van der Waals surface area contributed by atoms with E-state index in [1.165, 1.54) is 5.37 Å². The van der Waals surface area contributed by atoms with Crippen LogP contribution in [0.3, 0.4) is 0 Å². The molecular formula is C4H8O2S2. The topological polar surface area (TPSA) is 40.5 Å². The van der Waals surface area contributed by atoms with Gasteiger partial charge in [0, 0.05) is 0 Å². The van der Waals surface area contributed by atoms with Gasteiger partial charge in [0.2, 0.25) is 0 Å². The summed E-state index contributed by atoms with van der Waals surface area (Å²) >= 11 is 8.28. The normalized spacial score (nSPS) is 17.4. The van der Waals surface area contributed by atoms with Gasteiger partial charge in [-0.15, -0.1) is 0 Å². The van der Waals surface area contributed by atoms with Gasteiger partial charge in [0.15, 0.2) is 0 Å². The summed E-state index contributed by atoms with van der Waals surface area (Å²) in [6, 6.07) is 0. The summed E-state index contributed by atoms with van der Waals surface area (Å²) in [5.41, 5.74) is 0. The Labute approximate surface area is 58.9 Å². The molecule has 0 amide bonds. The second-order valence-corrected chi connectivity index (χ2v) is 2.25. The molecule has 0 unspecified atom stereocenters. The molecule has 0 saturated heterocycles. The fourth-order valence-corrected chi connectivity index (χ4v) is 0.474. The predicted octanol–water partition coefficient (Wildman–Crippen LogP) is -0.362. The summed E-state index contributed by atoms with van der Waals surface area (Å²) < 4.78 is 0. The van der Waals surface area contributed by atoms with Crippen molar-refractivity contribution in [2.24, 2.45) is 0 Å². The second kappa shape index (κ2) is 4.26. The smallest absolute Gasteiger partial charge is 0.0929 e. The van der Waals surface area contributed by atoms with Crippen LogP contribution in [-0.2, 0) is 0 Å². The molecule has 0 heterocycles. The van der Waals surface area contributed by atoms with Crippen molar-refractivity contribution in [2.45, 2.75) is 11.4 Å². The van der Waals surface area contributed by atoms with Gasteiger partial charge in [0.05, 0.1) is 18.0 Å². The first-order valence-electron chi connectivity index (χ1n) is 2.14. The molecule has 48 valence electrons. The third-order valence-corrected chi connectivity index (χ3v) is 1.71. The van der Waals surface area contributed by atoms with Gasteiger partial charge >= 0.3 is 0 Å². The fraction of sp³-hybridized carbons (Fsp3) is 0.750. The van der Waals surface area contributed by atoms with Gasteiger partial charge in [0.25, 0.3) is 0 Å². The molecule has 0 fully saturated rings. The van der Waals surface area contributed by atoms with E-state index in [1.54, 1.807) is 0 Å². The number of thiol groups is 1. The van der Waals surface area contributed by atoms with Crippen molar-refractivity contribution in [3.63, 3.8) is 0 Å². The molecule has 0 saturated carbocycles. The van der Waals surface area contributed by atoms with E-state index in [0.29, 0.717) is 0 Å². The van der Waals surface area contributed by atoms with E-state index in [2.05, 4.69) is 24.8 Å². The zero-order chi connectivity index (χ0) is 6.57. The lowest BCUT2D eigenvalue weighted by Gasteiger charge is -2.08. The van der Waals surface area contributed by atoms with Crippen molar-refractivity contribution >= 4 is 30.2 Å². The Bertz CT molecular complexity index is 76.4. The summed E-state index contributed by atoms with van der Waals surface area (Å²) in [5.74, 6) is 0. The highest BCUT2D eigenvalue weighted by Gasteiger charge is 2.08. The highest BCUT2D eigenvalue weighted by molar-refractivity contribution is 7.85. The van der Waals surface area contributed by atoms with E-state index < -0.39 is 11.4 Å². The minimum atomic E-state index is -0.823. The van der Waals surface area contributed by atoms with Gasteiger partial charge in [-0.1, -0.05) is 12.2 Å². The average molecular weight is 152 g/mol. The number of aliphatic hydroxyl groups excluding tert-OH is 2. The lowest BCUT2D eigenvalue weighted by Crippen LogP contribution is -2.25. The molecule has 8 heavy (non-hydrogen) atoms. The number of thiocarbonyl (C=S) groups is 1. The standard InChI is InChI=1S/C4H8O2S2/c5-1-3(6)4(8)2-7/h2-6,8H,1H2/t3-,4-/m1/s1. The molecule has 4 heteroatoms. The van der Waals surface area contributed by atoms with Crippen molar-refractivity contribution in [3.8, 4) is 0 Å². The van der Waals surface area contributed by atoms with Crippen molar-refractivity contribution in [3.05, 3.63) is 0 Å². The third-order valence-electron chi connectivity index (χ3n) is 0.721. The Balaban J connectivity index is 3.44. The molecule has 2 atom stereocenters. The zero-order valence-corrected chi connectivity index (χ0v) is 5.90. The molecule has 0 spiro atoms. The van der Waals surface area contributed by atoms with E-state index in [9.17, 15) is 0 Å². The monoisotopic (exact) mass is 152 g/mol. The first kappa shape index (κ1) is 8.36. The first-order valence-corrected chi connectivity index (χ1v) is 3.13. The molecule has 0 rings (SSSR count). The van der Waals surface area contributed by atoms with Crippen molar-refractivity contribution in [1.82, 2.24) is 0 Å². The number of aliphatic hydroxyl groups is 2. The first-order chi connectivity index (χ1) is 3.72. The highest BCUT2D eigenvalue weighted by atomic mass is 32.1. The molecule has 0 aliphatic heterocycles. The van der Waals surface area contributed by atoms with Gasteiger partial charge < -0.3 is 10.2 Å². The van der Waals surface area contributed by atoms with Crippen LogP contribution in [0, 0.1) is 0 Å². The Morgan fingerprint density at radius 3 is 2.38 bits per heavy atom. The van der Waals surface area contributed by atoms with Crippen molar-refractivity contribution < 1.29 is 10.2 Å². The van der Waals surface area contributed by atoms with Gasteiger partial charge in [-0.2, -0.15) is 12.6 Å². The van der Waals surface area contributed by atoms with Crippen LogP contribution in [0.5, 0.6) is 0 Å². The van der Waals surface area contributed by atoms with Crippen LogP contribution in [0.2, 0.25) is 0 Å². The summed E-state index contributed by atoms with van der Waals surface area (Å²) in [4.78, 5) is 0. The van der Waals surface area contributed by atoms with Gasteiger partial charge in [0.1, 0.15) is 0 Å². The Morgan fingerprint density at radius 1 is 1.75 bits per heavy atom. The maximum atomic E-state index is 8.70. The molecule has 0 aromatic rings. The van der Waals surface area contributed by atoms with Crippen LogP contribution in [0.15, 0.2) is 0 Å². The minimum absolute atomic E-state index is 0.290. The van der Waals surface area contributed by atoms with Crippen LogP contribution in [0.4, 0.5) is 0 Å². The van der Waals surface area contributed by atoms with E-state index in [4.69, 9.17) is 10.2 Å². The summed E-state index contributed by atoms with van der Waals surface area (Å²) in [7, 11) is 0. The van der Waals surface area contributed by atoms with Crippen molar-refractivity contribution in [2.75, 3.05) is 6.61 Å². The minimum Gasteiger partial charge on any atom is -0.394 e. The number of hydrogen-bond donors (Lipinski definition) is 3. The molecule has 0 bridgehead atoms. The quantitative estimate of drug-likeness (QED) is 0.382. The van der Waals surface area contributed by atoms with Crippen LogP contribution in [-0.4, -0.2) is 33.5 Å². The van der Waals surface area contributed by atoms with Crippen LogP contribution >= 0.6 is 24.8 Å². The molecule has 2 nitrogen and oxygen atoms in total. The maximum Gasteiger partial charge on any atom is 0.0929 e. The van der Waals surface area contributed by atoms with E-state index in [1.807, 2.05) is 0 Å².